The number of nitrogens with one attached hydrogen (secondary N) is 2. The highest BCUT2D eigenvalue weighted by Crippen LogP contribution is 2.30. The fourth-order valence-corrected chi connectivity index (χ4v) is 3.03. The third kappa shape index (κ3) is 5.02. The standard InChI is InChI=1S/C20H22Cl2N4O/c1-25(2)12-11-23-20(27)18-13-19(14-3-5-15(21)6-4-14)26(24-18)17-9-7-16(22)8-10-17/h3-10,13,18,24H,11-12H2,1-2H3,(H,23,27). The van der Waals surface area contributed by atoms with E-state index in [-0.39, 0.29) is 5.91 Å². The molecule has 7 heteroatoms. The third-order valence-electron chi connectivity index (χ3n) is 4.20. The van der Waals surface area contributed by atoms with Crippen LogP contribution in [0.25, 0.3) is 5.70 Å². The number of carbonyl (C=O) groups excluding carboxylic acids is 1. The number of amides is 1. The van der Waals surface area contributed by atoms with Gasteiger partial charge in [0, 0.05) is 23.1 Å². The van der Waals surface area contributed by atoms with E-state index in [1.165, 1.54) is 0 Å². The molecule has 3 rings (SSSR count). The Balaban J connectivity index is 1.84. The average Bonchev–Trinajstić information content (AvgIpc) is 3.08. The van der Waals surface area contributed by atoms with Gasteiger partial charge in [0.25, 0.3) is 0 Å². The zero-order chi connectivity index (χ0) is 19.4. The van der Waals surface area contributed by atoms with Gasteiger partial charge in [-0.15, -0.1) is 0 Å². The molecule has 1 atom stereocenters. The summed E-state index contributed by atoms with van der Waals surface area (Å²) in [5, 5.41) is 6.19. The maximum Gasteiger partial charge on any atom is 0.243 e. The number of hydrazine groups is 1. The molecule has 2 aromatic rings. The van der Waals surface area contributed by atoms with E-state index in [0.29, 0.717) is 16.6 Å². The summed E-state index contributed by atoms with van der Waals surface area (Å²) in [5.41, 5.74) is 6.01. The molecule has 142 valence electrons. The zero-order valence-corrected chi connectivity index (χ0v) is 16.8. The maximum atomic E-state index is 12.6. The summed E-state index contributed by atoms with van der Waals surface area (Å²) in [6.07, 6.45) is 1.92. The molecule has 0 saturated heterocycles. The number of carbonyl (C=O) groups is 1. The van der Waals surface area contributed by atoms with Gasteiger partial charge >= 0.3 is 0 Å². The van der Waals surface area contributed by atoms with Gasteiger partial charge in [-0.05, 0) is 62.1 Å². The minimum Gasteiger partial charge on any atom is -0.353 e. The van der Waals surface area contributed by atoms with E-state index >= 15 is 0 Å². The Kier molecular flexibility index (Phi) is 6.39. The summed E-state index contributed by atoms with van der Waals surface area (Å²) in [4.78, 5) is 14.6. The molecule has 1 aliphatic heterocycles. The van der Waals surface area contributed by atoms with Crippen molar-refractivity contribution in [1.82, 2.24) is 15.6 Å². The molecule has 2 N–H and O–H groups in total. The van der Waals surface area contributed by atoms with Gasteiger partial charge < -0.3 is 10.2 Å². The number of benzene rings is 2. The normalized spacial score (nSPS) is 16.6. The zero-order valence-electron chi connectivity index (χ0n) is 15.2. The molecule has 0 fully saturated rings. The number of nitrogens with zero attached hydrogens (tertiary/aromatic N) is 2. The molecule has 2 aromatic carbocycles. The Morgan fingerprint density at radius 1 is 1.07 bits per heavy atom. The predicted octanol–water partition coefficient (Wildman–Crippen LogP) is 3.41. The SMILES string of the molecule is CN(C)CCNC(=O)C1C=C(c2ccc(Cl)cc2)N(c2ccc(Cl)cc2)N1. The third-order valence-corrected chi connectivity index (χ3v) is 4.70. The van der Waals surface area contributed by atoms with Gasteiger partial charge in [-0.3, -0.25) is 9.80 Å². The first-order valence-electron chi connectivity index (χ1n) is 8.66. The Morgan fingerprint density at radius 2 is 1.67 bits per heavy atom. The molecule has 0 bridgehead atoms. The average molecular weight is 405 g/mol. The first-order chi connectivity index (χ1) is 12.9. The second-order valence-electron chi connectivity index (χ2n) is 6.57. The van der Waals surface area contributed by atoms with Crippen LogP contribution in [0, 0.1) is 0 Å². The first kappa shape index (κ1) is 19.7. The lowest BCUT2D eigenvalue weighted by Crippen LogP contribution is -2.47. The highest BCUT2D eigenvalue weighted by atomic mass is 35.5. The van der Waals surface area contributed by atoms with Crippen molar-refractivity contribution < 1.29 is 4.79 Å². The second-order valence-corrected chi connectivity index (χ2v) is 7.44. The lowest BCUT2D eigenvalue weighted by Gasteiger charge is -2.24. The lowest BCUT2D eigenvalue weighted by atomic mass is 10.1. The van der Waals surface area contributed by atoms with Crippen molar-refractivity contribution in [2.45, 2.75) is 6.04 Å². The topological polar surface area (TPSA) is 47.6 Å². The largest absolute Gasteiger partial charge is 0.353 e. The van der Waals surface area contributed by atoms with E-state index in [1.807, 2.05) is 78.6 Å². The number of hydrogen-bond acceptors (Lipinski definition) is 4. The smallest absolute Gasteiger partial charge is 0.243 e. The number of halogens is 2. The predicted molar refractivity (Wildman–Crippen MR) is 112 cm³/mol. The van der Waals surface area contributed by atoms with Crippen molar-refractivity contribution in [2.24, 2.45) is 0 Å². The monoisotopic (exact) mass is 404 g/mol. The summed E-state index contributed by atoms with van der Waals surface area (Å²) >= 11 is 12.0. The van der Waals surface area contributed by atoms with Gasteiger partial charge in [0.15, 0.2) is 0 Å². The second kappa shape index (κ2) is 8.76. The van der Waals surface area contributed by atoms with E-state index < -0.39 is 6.04 Å². The lowest BCUT2D eigenvalue weighted by molar-refractivity contribution is -0.121. The molecular formula is C20H22Cl2N4O. The Labute approximate surface area is 169 Å². The molecule has 0 radical (unpaired) electrons. The summed E-state index contributed by atoms with van der Waals surface area (Å²) in [5.74, 6) is -0.0697. The van der Waals surface area contributed by atoms with Crippen molar-refractivity contribution in [3.63, 3.8) is 0 Å². The van der Waals surface area contributed by atoms with Gasteiger partial charge in [0.2, 0.25) is 5.91 Å². The highest BCUT2D eigenvalue weighted by Gasteiger charge is 2.29. The molecule has 27 heavy (non-hydrogen) atoms. The van der Waals surface area contributed by atoms with Crippen LogP contribution in [0.5, 0.6) is 0 Å². The Hall–Kier alpha value is -2.05. The fraction of sp³-hybridized carbons (Fsp3) is 0.250. The molecule has 1 amide bonds. The van der Waals surface area contributed by atoms with E-state index in [1.54, 1.807) is 0 Å². The van der Waals surface area contributed by atoms with Gasteiger partial charge in [0.1, 0.15) is 6.04 Å². The summed E-state index contributed by atoms with van der Waals surface area (Å²) in [7, 11) is 3.95. The van der Waals surface area contributed by atoms with Crippen molar-refractivity contribution in [3.8, 4) is 0 Å². The van der Waals surface area contributed by atoms with Crippen LogP contribution in [0.1, 0.15) is 5.56 Å². The molecule has 1 heterocycles. The molecule has 1 aliphatic rings. The van der Waals surface area contributed by atoms with Crippen LogP contribution in [0.2, 0.25) is 10.0 Å². The van der Waals surface area contributed by atoms with Crippen LogP contribution in [-0.2, 0) is 4.79 Å². The molecule has 0 aliphatic carbocycles. The van der Waals surface area contributed by atoms with Crippen LogP contribution in [0.4, 0.5) is 5.69 Å². The van der Waals surface area contributed by atoms with Crippen LogP contribution < -0.4 is 15.8 Å². The Morgan fingerprint density at radius 3 is 2.26 bits per heavy atom. The van der Waals surface area contributed by atoms with Crippen molar-refractivity contribution in [1.29, 1.82) is 0 Å². The minimum atomic E-state index is -0.464. The molecule has 0 spiro atoms. The number of hydrogen-bond donors (Lipinski definition) is 2. The Bertz CT molecular complexity index is 819. The first-order valence-corrected chi connectivity index (χ1v) is 9.42. The van der Waals surface area contributed by atoms with Crippen molar-refractivity contribution in [3.05, 3.63) is 70.2 Å². The van der Waals surface area contributed by atoms with E-state index in [4.69, 9.17) is 23.2 Å². The van der Waals surface area contributed by atoms with Crippen molar-refractivity contribution in [2.75, 3.05) is 32.2 Å². The number of anilines is 1. The molecule has 5 nitrogen and oxygen atoms in total. The number of rotatable bonds is 6. The number of likely N-dealkylation sites (N-methyl/N-ethyl adjacent to an activating group) is 1. The fourth-order valence-electron chi connectivity index (χ4n) is 2.78. The van der Waals surface area contributed by atoms with Gasteiger partial charge in [-0.1, -0.05) is 35.3 Å². The van der Waals surface area contributed by atoms with Crippen LogP contribution in [0.15, 0.2) is 54.6 Å². The molecule has 0 saturated carbocycles. The molecule has 0 aromatic heterocycles. The molecule has 1 unspecified atom stereocenters. The highest BCUT2D eigenvalue weighted by molar-refractivity contribution is 6.31. The summed E-state index contributed by atoms with van der Waals surface area (Å²) in [6, 6.07) is 14.5. The van der Waals surface area contributed by atoms with Crippen LogP contribution >= 0.6 is 23.2 Å². The van der Waals surface area contributed by atoms with E-state index in [9.17, 15) is 4.79 Å². The van der Waals surface area contributed by atoms with Gasteiger partial charge in [0.05, 0.1) is 11.4 Å². The minimum absolute atomic E-state index is 0.0697. The quantitative estimate of drug-likeness (QED) is 0.774. The van der Waals surface area contributed by atoms with Gasteiger partial charge in [-0.25, -0.2) is 5.43 Å². The van der Waals surface area contributed by atoms with E-state index in [2.05, 4.69) is 10.7 Å². The molecular weight excluding hydrogens is 383 g/mol. The maximum absolute atomic E-state index is 12.6. The van der Waals surface area contributed by atoms with Crippen molar-refractivity contribution >= 4 is 40.5 Å². The summed E-state index contributed by atoms with van der Waals surface area (Å²) < 4.78 is 0. The van der Waals surface area contributed by atoms with Crippen LogP contribution in [0.3, 0.4) is 0 Å². The van der Waals surface area contributed by atoms with Gasteiger partial charge in [-0.2, -0.15) is 0 Å². The van der Waals surface area contributed by atoms with Crippen LogP contribution in [-0.4, -0.2) is 44.0 Å². The van der Waals surface area contributed by atoms with E-state index in [0.717, 1.165) is 23.5 Å². The summed E-state index contributed by atoms with van der Waals surface area (Å²) in [6.45, 7) is 1.38.